The number of rotatable bonds is 4. The number of hydrogen-bond acceptors (Lipinski definition) is 2. The smallest absolute Gasteiger partial charge is 0.130 e. The molecule has 2 rings (SSSR count). The highest BCUT2D eigenvalue weighted by Gasteiger charge is 2.18. The average Bonchev–Trinajstić information content (AvgIpc) is 2.68. The van der Waals surface area contributed by atoms with Crippen molar-refractivity contribution in [1.82, 2.24) is 9.78 Å². The summed E-state index contributed by atoms with van der Waals surface area (Å²) in [6.45, 7) is 6.37. The SMILES string of the molecule is CCC(CC)n1nc(C)c(-c2ccccc2)c1N. The number of aryl methyl sites for hydroxylation is 1. The molecular formula is C15H21N3. The molecule has 0 atom stereocenters. The summed E-state index contributed by atoms with van der Waals surface area (Å²) in [7, 11) is 0. The van der Waals surface area contributed by atoms with E-state index in [2.05, 4.69) is 31.1 Å². The van der Waals surface area contributed by atoms with E-state index in [1.54, 1.807) is 0 Å². The first-order chi connectivity index (χ1) is 8.69. The Morgan fingerprint density at radius 3 is 2.33 bits per heavy atom. The minimum atomic E-state index is 0.390. The van der Waals surface area contributed by atoms with Gasteiger partial charge in [-0.15, -0.1) is 0 Å². The van der Waals surface area contributed by atoms with E-state index in [9.17, 15) is 0 Å². The van der Waals surface area contributed by atoms with Gasteiger partial charge in [0.15, 0.2) is 0 Å². The van der Waals surface area contributed by atoms with Crippen molar-refractivity contribution in [2.24, 2.45) is 0 Å². The largest absolute Gasteiger partial charge is 0.383 e. The molecule has 0 bridgehead atoms. The Balaban J connectivity index is 2.51. The van der Waals surface area contributed by atoms with Crippen LogP contribution in [0, 0.1) is 6.92 Å². The zero-order chi connectivity index (χ0) is 13.1. The maximum Gasteiger partial charge on any atom is 0.130 e. The molecule has 0 radical (unpaired) electrons. The van der Waals surface area contributed by atoms with Crippen molar-refractivity contribution in [1.29, 1.82) is 0 Å². The van der Waals surface area contributed by atoms with Gasteiger partial charge in [-0.3, -0.25) is 0 Å². The van der Waals surface area contributed by atoms with Crippen LogP contribution in [-0.4, -0.2) is 9.78 Å². The molecule has 0 saturated heterocycles. The molecule has 2 N–H and O–H groups in total. The molecule has 0 fully saturated rings. The van der Waals surface area contributed by atoms with Crippen molar-refractivity contribution in [3.8, 4) is 11.1 Å². The number of nitrogens with zero attached hydrogens (tertiary/aromatic N) is 2. The van der Waals surface area contributed by atoms with Crippen LogP contribution in [0.5, 0.6) is 0 Å². The standard InChI is InChI=1S/C15H21N3/c1-4-13(5-2)18-15(16)14(11(3)17-18)12-9-7-6-8-10-12/h6-10,13H,4-5,16H2,1-3H3. The van der Waals surface area contributed by atoms with Crippen LogP contribution in [0.2, 0.25) is 0 Å². The molecule has 1 aromatic carbocycles. The highest BCUT2D eigenvalue weighted by atomic mass is 15.3. The molecule has 0 aliphatic heterocycles. The molecular weight excluding hydrogens is 222 g/mol. The molecule has 0 unspecified atom stereocenters. The molecule has 18 heavy (non-hydrogen) atoms. The van der Waals surface area contributed by atoms with Gasteiger partial charge in [-0.2, -0.15) is 5.10 Å². The lowest BCUT2D eigenvalue weighted by atomic mass is 10.1. The van der Waals surface area contributed by atoms with Crippen molar-refractivity contribution < 1.29 is 0 Å². The van der Waals surface area contributed by atoms with Crippen molar-refractivity contribution in [2.45, 2.75) is 39.7 Å². The van der Waals surface area contributed by atoms with Gasteiger partial charge >= 0.3 is 0 Å². The van der Waals surface area contributed by atoms with Crippen LogP contribution < -0.4 is 5.73 Å². The summed E-state index contributed by atoms with van der Waals surface area (Å²) in [6, 6.07) is 10.6. The predicted octanol–water partition coefficient (Wildman–Crippen LogP) is 3.80. The third kappa shape index (κ3) is 2.13. The average molecular weight is 243 g/mol. The molecule has 2 aromatic rings. The maximum absolute atomic E-state index is 6.29. The first-order valence-corrected chi connectivity index (χ1v) is 6.59. The van der Waals surface area contributed by atoms with E-state index in [0.717, 1.165) is 35.5 Å². The van der Waals surface area contributed by atoms with Crippen molar-refractivity contribution >= 4 is 5.82 Å². The molecule has 1 heterocycles. The molecule has 0 aliphatic rings. The quantitative estimate of drug-likeness (QED) is 0.887. The number of anilines is 1. The summed E-state index contributed by atoms with van der Waals surface area (Å²) < 4.78 is 1.98. The first-order valence-electron chi connectivity index (χ1n) is 6.59. The van der Waals surface area contributed by atoms with E-state index < -0.39 is 0 Å². The van der Waals surface area contributed by atoms with Crippen LogP contribution in [0.15, 0.2) is 30.3 Å². The van der Waals surface area contributed by atoms with Gasteiger partial charge in [0.05, 0.1) is 11.7 Å². The number of nitrogen functional groups attached to an aromatic ring is 1. The molecule has 3 nitrogen and oxygen atoms in total. The van der Waals surface area contributed by atoms with E-state index in [1.165, 1.54) is 0 Å². The molecule has 3 heteroatoms. The lowest BCUT2D eigenvalue weighted by molar-refractivity contribution is 0.432. The van der Waals surface area contributed by atoms with Gasteiger partial charge in [0.25, 0.3) is 0 Å². The predicted molar refractivity (Wildman–Crippen MR) is 76.4 cm³/mol. The van der Waals surface area contributed by atoms with Crippen LogP contribution >= 0.6 is 0 Å². The fourth-order valence-corrected chi connectivity index (χ4v) is 2.44. The fraction of sp³-hybridized carbons (Fsp3) is 0.400. The number of nitrogens with two attached hydrogens (primary N) is 1. The molecule has 0 amide bonds. The fourth-order valence-electron chi connectivity index (χ4n) is 2.44. The second-order valence-corrected chi connectivity index (χ2v) is 4.63. The van der Waals surface area contributed by atoms with Crippen LogP contribution in [0.1, 0.15) is 38.4 Å². The summed E-state index contributed by atoms with van der Waals surface area (Å²) in [5, 5.41) is 4.62. The van der Waals surface area contributed by atoms with Crippen LogP contribution in [0.25, 0.3) is 11.1 Å². The number of hydrogen-bond donors (Lipinski definition) is 1. The third-order valence-electron chi connectivity index (χ3n) is 3.47. The number of aromatic nitrogens is 2. The van der Waals surface area contributed by atoms with Gasteiger partial charge in [0.1, 0.15) is 5.82 Å². The lowest BCUT2D eigenvalue weighted by Gasteiger charge is -2.15. The Kier molecular flexibility index (Phi) is 3.70. The Hall–Kier alpha value is -1.77. The van der Waals surface area contributed by atoms with Crippen LogP contribution in [-0.2, 0) is 0 Å². The topological polar surface area (TPSA) is 43.8 Å². The van der Waals surface area contributed by atoms with Crippen molar-refractivity contribution in [3.05, 3.63) is 36.0 Å². The summed E-state index contributed by atoms with van der Waals surface area (Å²) in [5.41, 5.74) is 9.51. The summed E-state index contributed by atoms with van der Waals surface area (Å²) in [4.78, 5) is 0. The van der Waals surface area contributed by atoms with Crippen LogP contribution in [0.4, 0.5) is 5.82 Å². The maximum atomic E-state index is 6.29. The Morgan fingerprint density at radius 2 is 1.78 bits per heavy atom. The molecule has 0 spiro atoms. The normalized spacial score (nSPS) is 11.1. The van der Waals surface area contributed by atoms with Crippen molar-refractivity contribution in [3.63, 3.8) is 0 Å². The monoisotopic (exact) mass is 243 g/mol. The Morgan fingerprint density at radius 1 is 1.17 bits per heavy atom. The molecule has 0 aliphatic carbocycles. The second kappa shape index (κ2) is 5.25. The Labute approximate surface area is 109 Å². The van der Waals surface area contributed by atoms with E-state index in [4.69, 9.17) is 5.73 Å². The van der Waals surface area contributed by atoms with Gasteiger partial charge in [0, 0.05) is 5.56 Å². The molecule has 1 aromatic heterocycles. The highest BCUT2D eigenvalue weighted by Crippen LogP contribution is 2.32. The summed E-state index contributed by atoms with van der Waals surface area (Å²) in [5.74, 6) is 0.785. The van der Waals surface area contributed by atoms with E-state index >= 15 is 0 Å². The Bertz CT molecular complexity index is 510. The van der Waals surface area contributed by atoms with Gasteiger partial charge in [-0.25, -0.2) is 4.68 Å². The van der Waals surface area contributed by atoms with E-state index in [-0.39, 0.29) is 0 Å². The van der Waals surface area contributed by atoms with Gasteiger partial charge in [-0.1, -0.05) is 44.2 Å². The second-order valence-electron chi connectivity index (χ2n) is 4.63. The van der Waals surface area contributed by atoms with Gasteiger partial charge in [0.2, 0.25) is 0 Å². The lowest BCUT2D eigenvalue weighted by Crippen LogP contribution is -2.11. The molecule has 0 saturated carbocycles. The van der Waals surface area contributed by atoms with Crippen molar-refractivity contribution in [2.75, 3.05) is 5.73 Å². The minimum absolute atomic E-state index is 0.390. The zero-order valence-corrected chi connectivity index (χ0v) is 11.4. The van der Waals surface area contributed by atoms with E-state index in [1.807, 2.05) is 29.8 Å². The highest BCUT2D eigenvalue weighted by molar-refractivity contribution is 5.76. The van der Waals surface area contributed by atoms with Gasteiger partial charge < -0.3 is 5.73 Å². The minimum Gasteiger partial charge on any atom is -0.383 e. The summed E-state index contributed by atoms with van der Waals surface area (Å²) >= 11 is 0. The van der Waals surface area contributed by atoms with Gasteiger partial charge in [-0.05, 0) is 25.3 Å². The van der Waals surface area contributed by atoms with Crippen LogP contribution in [0.3, 0.4) is 0 Å². The van der Waals surface area contributed by atoms with E-state index in [0.29, 0.717) is 6.04 Å². The summed E-state index contributed by atoms with van der Waals surface area (Å²) in [6.07, 6.45) is 2.10. The number of benzene rings is 1. The molecule has 96 valence electrons. The zero-order valence-electron chi connectivity index (χ0n) is 11.4. The third-order valence-corrected chi connectivity index (χ3v) is 3.47. The first kappa shape index (κ1) is 12.7.